The van der Waals surface area contributed by atoms with Crippen LogP contribution < -0.4 is 0 Å². The van der Waals surface area contributed by atoms with Gasteiger partial charge in [0, 0.05) is 17.6 Å². The summed E-state index contributed by atoms with van der Waals surface area (Å²) in [7, 11) is -2.91. The third kappa shape index (κ3) is 4.68. The molecule has 0 radical (unpaired) electrons. The van der Waals surface area contributed by atoms with Gasteiger partial charge in [-0.25, -0.2) is 8.42 Å². The maximum absolute atomic E-state index is 11.6. The summed E-state index contributed by atoms with van der Waals surface area (Å²) in [4.78, 5) is 2.10. The van der Waals surface area contributed by atoms with Crippen molar-refractivity contribution in [1.29, 1.82) is 0 Å². The van der Waals surface area contributed by atoms with Crippen molar-refractivity contribution in [2.75, 3.05) is 24.6 Å². The van der Waals surface area contributed by atoms with Gasteiger partial charge >= 0.3 is 0 Å². The lowest BCUT2D eigenvalue weighted by atomic mass is 10.1. The van der Waals surface area contributed by atoms with Gasteiger partial charge in [0.25, 0.3) is 0 Å². The van der Waals surface area contributed by atoms with Crippen molar-refractivity contribution in [3.05, 3.63) is 34.9 Å². The van der Waals surface area contributed by atoms with E-state index < -0.39 is 15.9 Å². The van der Waals surface area contributed by atoms with E-state index in [9.17, 15) is 13.5 Å². The standard InChI is InChI=1S/C15H22ClNO3S/c1-2-8-17(14-7-9-21(19,20)11-14)10-15(18)12-3-5-13(16)6-4-12/h3-6,14-15,18H,2,7-11H2,1H3. The molecule has 2 unspecified atom stereocenters. The molecule has 6 heteroatoms. The van der Waals surface area contributed by atoms with Gasteiger partial charge in [-0.3, -0.25) is 4.90 Å². The zero-order valence-corrected chi connectivity index (χ0v) is 13.8. The molecule has 4 nitrogen and oxygen atoms in total. The summed E-state index contributed by atoms with van der Waals surface area (Å²) in [5.74, 6) is 0.468. The second kappa shape index (κ2) is 7.09. The highest BCUT2D eigenvalue weighted by molar-refractivity contribution is 7.91. The largest absolute Gasteiger partial charge is 0.387 e. The van der Waals surface area contributed by atoms with Crippen molar-refractivity contribution in [1.82, 2.24) is 4.90 Å². The Morgan fingerprint density at radius 1 is 1.38 bits per heavy atom. The fraction of sp³-hybridized carbons (Fsp3) is 0.600. The molecule has 21 heavy (non-hydrogen) atoms. The predicted octanol–water partition coefficient (Wildman–Crippen LogP) is 2.27. The van der Waals surface area contributed by atoms with Crippen LogP contribution in [0.1, 0.15) is 31.4 Å². The Kier molecular flexibility index (Phi) is 5.66. The zero-order valence-electron chi connectivity index (χ0n) is 12.2. The molecule has 118 valence electrons. The summed E-state index contributed by atoms with van der Waals surface area (Å²) in [5, 5.41) is 11.0. The van der Waals surface area contributed by atoms with Crippen LogP contribution in [0.2, 0.25) is 5.02 Å². The zero-order chi connectivity index (χ0) is 15.5. The van der Waals surface area contributed by atoms with Crippen LogP contribution in [-0.2, 0) is 9.84 Å². The van der Waals surface area contributed by atoms with Crippen LogP contribution >= 0.6 is 11.6 Å². The second-order valence-electron chi connectivity index (χ2n) is 5.62. The van der Waals surface area contributed by atoms with Gasteiger partial charge in [-0.15, -0.1) is 0 Å². The van der Waals surface area contributed by atoms with Gasteiger partial charge in [0.15, 0.2) is 9.84 Å². The number of sulfone groups is 1. The van der Waals surface area contributed by atoms with Crippen LogP contribution in [0.25, 0.3) is 0 Å². The number of halogens is 1. The molecule has 2 rings (SSSR count). The van der Waals surface area contributed by atoms with E-state index in [0.29, 0.717) is 18.0 Å². The highest BCUT2D eigenvalue weighted by Crippen LogP contribution is 2.22. The number of benzene rings is 1. The molecule has 1 aliphatic heterocycles. The van der Waals surface area contributed by atoms with Crippen molar-refractivity contribution in [3.63, 3.8) is 0 Å². The summed E-state index contributed by atoms with van der Waals surface area (Å²) >= 11 is 5.85. The molecule has 1 fully saturated rings. The van der Waals surface area contributed by atoms with Crippen molar-refractivity contribution in [2.45, 2.75) is 31.9 Å². The number of rotatable bonds is 6. The minimum Gasteiger partial charge on any atom is -0.387 e. The molecule has 0 bridgehead atoms. The second-order valence-corrected chi connectivity index (χ2v) is 8.28. The summed E-state index contributed by atoms with van der Waals surface area (Å²) in [6.45, 7) is 3.31. The van der Waals surface area contributed by atoms with E-state index in [-0.39, 0.29) is 17.5 Å². The summed E-state index contributed by atoms with van der Waals surface area (Å²) in [5.41, 5.74) is 0.807. The molecule has 2 atom stereocenters. The third-order valence-electron chi connectivity index (χ3n) is 3.90. The lowest BCUT2D eigenvalue weighted by Gasteiger charge is -2.29. The Balaban J connectivity index is 2.04. The van der Waals surface area contributed by atoms with E-state index in [1.54, 1.807) is 12.1 Å². The van der Waals surface area contributed by atoms with Crippen LogP contribution in [0, 0.1) is 0 Å². The summed E-state index contributed by atoms with van der Waals surface area (Å²) in [6, 6.07) is 7.15. The monoisotopic (exact) mass is 331 g/mol. The average Bonchev–Trinajstić information content (AvgIpc) is 2.79. The Morgan fingerprint density at radius 3 is 2.57 bits per heavy atom. The molecule has 1 aromatic carbocycles. The first kappa shape index (κ1) is 16.7. The molecule has 1 heterocycles. The Labute approximate surface area is 131 Å². The quantitative estimate of drug-likeness (QED) is 0.868. The first-order valence-electron chi connectivity index (χ1n) is 7.29. The number of hydrogen-bond acceptors (Lipinski definition) is 4. The normalized spacial score (nSPS) is 22.6. The fourth-order valence-electron chi connectivity index (χ4n) is 2.79. The molecular formula is C15H22ClNO3S. The molecule has 0 aromatic heterocycles. The van der Waals surface area contributed by atoms with Crippen molar-refractivity contribution in [2.24, 2.45) is 0 Å². The smallest absolute Gasteiger partial charge is 0.151 e. The highest BCUT2D eigenvalue weighted by atomic mass is 35.5. The van der Waals surface area contributed by atoms with Gasteiger partial charge in [-0.05, 0) is 37.1 Å². The molecule has 1 aliphatic rings. The summed E-state index contributed by atoms with van der Waals surface area (Å²) < 4.78 is 23.3. The van der Waals surface area contributed by atoms with E-state index in [1.807, 2.05) is 12.1 Å². The van der Waals surface area contributed by atoms with Crippen LogP contribution in [0.5, 0.6) is 0 Å². The minimum absolute atomic E-state index is 0.0249. The number of aliphatic hydroxyl groups excluding tert-OH is 1. The number of hydrogen-bond donors (Lipinski definition) is 1. The van der Waals surface area contributed by atoms with Crippen molar-refractivity contribution >= 4 is 21.4 Å². The van der Waals surface area contributed by atoms with Crippen LogP contribution in [0.3, 0.4) is 0 Å². The van der Waals surface area contributed by atoms with Gasteiger partial charge in [0.1, 0.15) is 0 Å². The Bertz CT molecular complexity index is 559. The molecule has 0 aliphatic carbocycles. The lowest BCUT2D eigenvalue weighted by Crippen LogP contribution is -2.39. The van der Waals surface area contributed by atoms with Gasteiger partial charge in [-0.2, -0.15) is 0 Å². The maximum atomic E-state index is 11.6. The first-order chi connectivity index (χ1) is 9.91. The Morgan fingerprint density at radius 2 is 2.05 bits per heavy atom. The van der Waals surface area contributed by atoms with E-state index in [1.165, 1.54) is 0 Å². The van der Waals surface area contributed by atoms with Crippen LogP contribution in [-0.4, -0.2) is 49.1 Å². The number of nitrogens with zero attached hydrogens (tertiary/aromatic N) is 1. The number of aliphatic hydroxyl groups is 1. The van der Waals surface area contributed by atoms with E-state index in [0.717, 1.165) is 18.5 Å². The molecular weight excluding hydrogens is 310 g/mol. The summed E-state index contributed by atoms with van der Waals surface area (Å²) in [6.07, 6.45) is 0.969. The van der Waals surface area contributed by atoms with E-state index in [2.05, 4.69) is 11.8 Å². The van der Waals surface area contributed by atoms with Gasteiger partial charge in [0.2, 0.25) is 0 Å². The molecule has 1 N–H and O–H groups in total. The molecule has 1 aromatic rings. The van der Waals surface area contributed by atoms with E-state index in [4.69, 9.17) is 11.6 Å². The van der Waals surface area contributed by atoms with Crippen LogP contribution in [0.4, 0.5) is 0 Å². The predicted molar refractivity (Wildman–Crippen MR) is 85.3 cm³/mol. The first-order valence-corrected chi connectivity index (χ1v) is 9.49. The van der Waals surface area contributed by atoms with Crippen molar-refractivity contribution < 1.29 is 13.5 Å². The van der Waals surface area contributed by atoms with Gasteiger partial charge in [-0.1, -0.05) is 30.7 Å². The van der Waals surface area contributed by atoms with E-state index >= 15 is 0 Å². The van der Waals surface area contributed by atoms with Gasteiger partial charge in [0.05, 0.1) is 17.6 Å². The maximum Gasteiger partial charge on any atom is 0.151 e. The Hall–Kier alpha value is -0.620. The molecule has 0 amide bonds. The topological polar surface area (TPSA) is 57.6 Å². The molecule has 0 saturated carbocycles. The SMILES string of the molecule is CCCN(CC(O)c1ccc(Cl)cc1)C1CCS(=O)(=O)C1. The van der Waals surface area contributed by atoms with Gasteiger partial charge < -0.3 is 5.11 Å². The molecule has 0 spiro atoms. The lowest BCUT2D eigenvalue weighted by molar-refractivity contribution is 0.0926. The fourth-order valence-corrected chi connectivity index (χ4v) is 4.67. The average molecular weight is 332 g/mol. The third-order valence-corrected chi connectivity index (χ3v) is 5.90. The highest BCUT2D eigenvalue weighted by Gasteiger charge is 2.32. The van der Waals surface area contributed by atoms with Crippen molar-refractivity contribution in [3.8, 4) is 0 Å². The molecule has 1 saturated heterocycles. The minimum atomic E-state index is -2.91. The van der Waals surface area contributed by atoms with Crippen LogP contribution in [0.15, 0.2) is 24.3 Å².